The number of nitrogens with zero attached hydrogens (tertiary/aromatic N) is 4. The van der Waals surface area contributed by atoms with Gasteiger partial charge in [0.2, 0.25) is 11.8 Å². The first kappa shape index (κ1) is 42.1. The Bertz CT molecular complexity index is 2100. The van der Waals surface area contributed by atoms with Crippen LogP contribution < -0.4 is 16.4 Å². The van der Waals surface area contributed by atoms with Crippen molar-refractivity contribution in [2.24, 2.45) is 22.6 Å². The molecule has 2 aromatic carbocycles. The third-order valence-electron chi connectivity index (χ3n) is 11.6. The summed E-state index contributed by atoms with van der Waals surface area (Å²) >= 11 is 0. The second kappa shape index (κ2) is 18.0. The molecule has 1 aliphatic carbocycles. The van der Waals surface area contributed by atoms with Gasteiger partial charge in [0.1, 0.15) is 17.9 Å². The average molecular weight is 795 g/mol. The van der Waals surface area contributed by atoms with Crippen molar-refractivity contribution in [3.8, 4) is 22.4 Å². The first-order chi connectivity index (χ1) is 27.8. The van der Waals surface area contributed by atoms with E-state index in [1.165, 1.54) is 19.8 Å². The number of imidazole rings is 1. The Morgan fingerprint density at radius 2 is 1.43 bits per heavy atom. The highest BCUT2D eigenvalue weighted by Crippen LogP contribution is 2.47. The first-order valence-electron chi connectivity index (χ1n) is 20.3. The number of benzene rings is 2. The fourth-order valence-corrected chi connectivity index (χ4v) is 8.53. The Kier molecular flexibility index (Phi) is 13.0. The molecular weight excluding hydrogens is 737 g/mol. The Labute approximate surface area is 341 Å². The molecule has 2 aliphatic heterocycles. The molecule has 2 saturated heterocycles. The molecule has 14 nitrogen and oxygen atoms in total. The number of likely N-dealkylation sites (tertiary alicyclic amines) is 2. The van der Waals surface area contributed by atoms with Crippen molar-refractivity contribution < 1.29 is 28.7 Å². The van der Waals surface area contributed by atoms with Gasteiger partial charge < -0.3 is 40.6 Å². The molecule has 4 amide bonds. The second-order valence-electron chi connectivity index (χ2n) is 16.3. The number of rotatable bonds is 12. The van der Waals surface area contributed by atoms with Crippen LogP contribution in [0.15, 0.2) is 53.2 Å². The standard InChI is InChI=1S/C44H58N8O6/c1-24(2)37-32-19-27(34(21-45)46-22-29-11-9-17-51(29)41(53)38(25(3)4)49-43(55)57-7)13-15-30(32)31-16-14-28(20-33(31)37)35-23-47-40(48-35)36-12-10-18-52(36)42(54)39(26(5)6)50-44(56)58-8/h13-16,19-20,23,25-26,29,36,38-39H,9-12,17-18,21-22,45H2,1-8H3,(H,47,48)(H,49,55)(H,50,56). The lowest BCUT2D eigenvalue weighted by atomic mass is 9.96. The van der Waals surface area contributed by atoms with Gasteiger partial charge in [-0.25, -0.2) is 14.6 Å². The Morgan fingerprint density at radius 1 is 0.845 bits per heavy atom. The van der Waals surface area contributed by atoms with Gasteiger partial charge in [-0.1, -0.05) is 57.5 Å². The van der Waals surface area contributed by atoms with Crippen LogP contribution in [0.2, 0.25) is 0 Å². The molecule has 14 heteroatoms. The van der Waals surface area contributed by atoms with Crippen LogP contribution in [-0.2, 0) is 19.1 Å². The van der Waals surface area contributed by atoms with Crippen LogP contribution in [0, 0.1) is 11.8 Å². The largest absolute Gasteiger partial charge is 0.453 e. The highest BCUT2D eigenvalue weighted by molar-refractivity contribution is 6.08. The summed E-state index contributed by atoms with van der Waals surface area (Å²) in [6.07, 6.45) is 3.86. The number of fused-ring (bicyclic) bond motifs is 3. The molecule has 0 spiro atoms. The van der Waals surface area contributed by atoms with Gasteiger partial charge >= 0.3 is 12.2 Å². The van der Waals surface area contributed by atoms with E-state index in [0.717, 1.165) is 76.0 Å². The number of carbonyl (C=O) groups is 4. The van der Waals surface area contributed by atoms with Crippen LogP contribution in [0.25, 0.3) is 28.0 Å². The van der Waals surface area contributed by atoms with Gasteiger partial charge in [-0.2, -0.15) is 0 Å². The second-order valence-corrected chi connectivity index (χ2v) is 16.3. The number of aromatic nitrogens is 2. The number of ether oxygens (including phenoxy) is 2. The number of amides is 4. The minimum Gasteiger partial charge on any atom is -0.453 e. The average Bonchev–Trinajstić information content (AvgIpc) is 4.03. The van der Waals surface area contributed by atoms with Crippen LogP contribution in [0.4, 0.5) is 9.59 Å². The number of nitrogens with one attached hydrogen (secondary N) is 3. The normalized spacial score (nSPS) is 18.6. The highest BCUT2D eigenvalue weighted by atomic mass is 16.5. The minimum absolute atomic E-state index is 0.0963. The molecule has 58 heavy (non-hydrogen) atoms. The zero-order valence-corrected chi connectivity index (χ0v) is 35.0. The lowest BCUT2D eigenvalue weighted by molar-refractivity contribution is -0.136. The van der Waals surface area contributed by atoms with Crippen LogP contribution in [0.5, 0.6) is 0 Å². The maximum atomic E-state index is 13.7. The van der Waals surface area contributed by atoms with Gasteiger partial charge in [-0.05, 0) is 96.9 Å². The Hall–Kier alpha value is -5.50. The quantitative estimate of drug-likeness (QED) is 0.125. The van der Waals surface area contributed by atoms with Gasteiger partial charge in [-0.3, -0.25) is 14.6 Å². The molecule has 6 rings (SSSR count). The van der Waals surface area contributed by atoms with E-state index in [9.17, 15) is 19.2 Å². The smallest absolute Gasteiger partial charge is 0.407 e. The van der Waals surface area contributed by atoms with E-state index in [2.05, 4.69) is 65.9 Å². The van der Waals surface area contributed by atoms with Crippen LogP contribution >= 0.6 is 0 Å². The molecule has 4 unspecified atom stereocenters. The topological polar surface area (TPSA) is 184 Å². The first-order valence-corrected chi connectivity index (χ1v) is 20.3. The summed E-state index contributed by atoms with van der Waals surface area (Å²) in [6.45, 7) is 13.7. The highest BCUT2D eigenvalue weighted by Gasteiger charge is 2.38. The van der Waals surface area contributed by atoms with Gasteiger partial charge in [0.25, 0.3) is 0 Å². The van der Waals surface area contributed by atoms with E-state index in [1.54, 1.807) is 0 Å². The Morgan fingerprint density at radius 3 is 2.03 bits per heavy atom. The van der Waals surface area contributed by atoms with Crippen molar-refractivity contribution in [2.75, 3.05) is 40.4 Å². The summed E-state index contributed by atoms with van der Waals surface area (Å²) in [5.41, 5.74) is 16.7. The summed E-state index contributed by atoms with van der Waals surface area (Å²) < 4.78 is 9.56. The third kappa shape index (κ3) is 8.52. The van der Waals surface area contributed by atoms with Gasteiger partial charge in [0, 0.05) is 25.2 Å². The SMILES string of the molecule is COC(=O)NC(C(=O)N1CCCC1CN=C(CN)c1ccc2c(c1)C(=C(C)C)c1cc(-c3cnc(C4CCCN4C(=O)C(NC(=O)OC)C(C)C)[nH]3)ccc1-2)C(C)C. The van der Waals surface area contributed by atoms with Gasteiger partial charge in [-0.15, -0.1) is 0 Å². The lowest BCUT2D eigenvalue weighted by Gasteiger charge is -2.30. The van der Waals surface area contributed by atoms with Gasteiger partial charge in [0.15, 0.2) is 0 Å². The number of alkyl carbamates (subject to hydrolysis) is 2. The van der Waals surface area contributed by atoms with Crippen molar-refractivity contribution in [3.63, 3.8) is 0 Å². The molecular formula is C44H58N8O6. The number of hydrogen-bond donors (Lipinski definition) is 4. The van der Waals surface area contributed by atoms with Crippen molar-refractivity contribution in [1.82, 2.24) is 30.4 Å². The fourth-order valence-electron chi connectivity index (χ4n) is 8.53. The summed E-state index contributed by atoms with van der Waals surface area (Å²) in [6, 6.07) is 11.1. The number of nitrogens with two attached hydrogens (primary N) is 1. The number of hydrogen-bond acceptors (Lipinski definition) is 9. The van der Waals surface area contributed by atoms with Crippen molar-refractivity contribution >= 4 is 35.3 Å². The molecule has 1 aromatic heterocycles. The molecule has 5 N–H and O–H groups in total. The minimum atomic E-state index is -0.704. The molecule has 3 aliphatic rings. The molecule has 0 saturated carbocycles. The van der Waals surface area contributed by atoms with E-state index in [0.29, 0.717) is 25.5 Å². The number of carbonyl (C=O) groups excluding carboxylic acids is 4. The molecule has 3 aromatic rings. The zero-order valence-electron chi connectivity index (χ0n) is 35.0. The summed E-state index contributed by atoms with van der Waals surface area (Å²) in [4.78, 5) is 68.3. The maximum absolute atomic E-state index is 13.7. The Balaban J connectivity index is 1.22. The van der Waals surface area contributed by atoms with E-state index in [4.69, 9.17) is 25.2 Å². The van der Waals surface area contributed by atoms with E-state index in [1.807, 2.05) is 43.7 Å². The molecule has 310 valence electrons. The fraction of sp³-hybridized carbons (Fsp3) is 0.500. The number of aliphatic imine (C=N–C) groups is 1. The van der Waals surface area contributed by atoms with Crippen LogP contribution in [0.3, 0.4) is 0 Å². The lowest BCUT2D eigenvalue weighted by Crippen LogP contribution is -2.53. The molecule has 0 radical (unpaired) electrons. The summed E-state index contributed by atoms with van der Waals surface area (Å²) in [5, 5.41) is 5.42. The predicted molar refractivity (Wildman–Crippen MR) is 224 cm³/mol. The summed E-state index contributed by atoms with van der Waals surface area (Å²) in [7, 11) is 2.58. The van der Waals surface area contributed by atoms with Gasteiger partial charge in [0.05, 0.1) is 50.5 Å². The van der Waals surface area contributed by atoms with E-state index < -0.39 is 24.3 Å². The number of methoxy groups -OCH3 is 2. The van der Waals surface area contributed by atoms with E-state index >= 15 is 0 Å². The van der Waals surface area contributed by atoms with Crippen molar-refractivity contribution in [2.45, 2.75) is 91.4 Å². The van der Waals surface area contributed by atoms with Crippen LogP contribution in [-0.4, -0.2) is 108 Å². The number of H-pyrrole nitrogens is 1. The maximum Gasteiger partial charge on any atom is 0.407 e. The predicted octanol–water partition coefficient (Wildman–Crippen LogP) is 6.06. The molecule has 3 heterocycles. The molecule has 0 bridgehead atoms. The van der Waals surface area contributed by atoms with Crippen molar-refractivity contribution in [3.05, 3.63) is 70.7 Å². The summed E-state index contributed by atoms with van der Waals surface area (Å²) in [5.74, 6) is 0.223. The third-order valence-corrected chi connectivity index (χ3v) is 11.6. The zero-order chi connectivity index (χ0) is 41.8. The van der Waals surface area contributed by atoms with E-state index in [-0.39, 0.29) is 42.3 Å². The molecule has 2 fully saturated rings. The number of allylic oxidation sites excluding steroid dienone is 1. The molecule has 4 atom stereocenters. The monoisotopic (exact) mass is 794 g/mol. The van der Waals surface area contributed by atoms with Crippen molar-refractivity contribution in [1.29, 1.82) is 0 Å². The van der Waals surface area contributed by atoms with Crippen LogP contribution in [0.1, 0.15) is 95.8 Å². The number of aromatic amines is 1.